The average Bonchev–Trinajstić information content (AvgIpc) is 3.19. The number of amides is 1. The van der Waals surface area contributed by atoms with Crippen LogP contribution in [0.1, 0.15) is 25.3 Å². The molecule has 2 aromatic heterocycles. The van der Waals surface area contributed by atoms with Gasteiger partial charge in [0.2, 0.25) is 5.88 Å². The second-order valence-electron chi connectivity index (χ2n) is 7.43. The van der Waals surface area contributed by atoms with Crippen LogP contribution < -0.4 is 10.1 Å². The molecule has 0 saturated carbocycles. The quantitative estimate of drug-likeness (QED) is 0.425. The van der Waals surface area contributed by atoms with Gasteiger partial charge in [-0.15, -0.1) is 0 Å². The molecule has 2 heterocycles. The zero-order valence-corrected chi connectivity index (χ0v) is 17.8. The number of nitrogens with one attached hydrogen (secondary N) is 1. The van der Waals surface area contributed by atoms with E-state index in [0.717, 1.165) is 40.7 Å². The smallest absolute Gasteiger partial charge is 0.258 e. The molecule has 2 aromatic carbocycles. The van der Waals surface area contributed by atoms with E-state index in [4.69, 9.17) is 14.8 Å². The molecule has 6 nitrogen and oxygen atoms in total. The van der Waals surface area contributed by atoms with Crippen LogP contribution in [0.3, 0.4) is 0 Å². The van der Waals surface area contributed by atoms with E-state index in [-0.39, 0.29) is 12.5 Å². The van der Waals surface area contributed by atoms with Gasteiger partial charge in [0.15, 0.2) is 12.3 Å². The van der Waals surface area contributed by atoms with Gasteiger partial charge in [0.1, 0.15) is 5.69 Å². The Hall–Kier alpha value is -3.67. The van der Waals surface area contributed by atoms with Crippen molar-refractivity contribution in [2.75, 3.05) is 13.2 Å². The minimum absolute atomic E-state index is 0.0628. The highest BCUT2D eigenvalue weighted by Gasteiger charge is 2.18. The molecule has 0 aliphatic rings. The standard InChI is InChI=1S/C25H26N4O2/c1-3-4-15-26-21(30)17-31-22-16-18(2)23-24(19-11-7-5-8-12-19)28-29(25(23)27-22)20-13-9-6-10-14-20/h5-14,16H,3-4,15,17H2,1-2H3,(H,26,30). The van der Waals surface area contributed by atoms with Crippen LogP contribution in [-0.4, -0.2) is 33.8 Å². The van der Waals surface area contributed by atoms with E-state index in [1.165, 1.54) is 0 Å². The number of aryl methyl sites for hydroxylation is 1. The fourth-order valence-corrected chi connectivity index (χ4v) is 3.49. The SMILES string of the molecule is CCCCNC(=O)COc1cc(C)c2c(-c3ccccc3)nn(-c3ccccc3)c2n1. The van der Waals surface area contributed by atoms with Crippen LogP contribution in [0.2, 0.25) is 0 Å². The number of nitrogens with zero attached hydrogens (tertiary/aromatic N) is 3. The first-order valence-electron chi connectivity index (χ1n) is 10.6. The van der Waals surface area contributed by atoms with Gasteiger partial charge in [-0.1, -0.05) is 61.9 Å². The molecule has 31 heavy (non-hydrogen) atoms. The third-order valence-electron chi connectivity index (χ3n) is 5.06. The number of hydrogen-bond acceptors (Lipinski definition) is 4. The lowest BCUT2D eigenvalue weighted by atomic mass is 10.1. The summed E-state index contributed by atoms with van der Waals surface area (Å²) in [5.41, 5.74) is 4.50. The van der Waals surface area contributed by atoms with Gasteiger partial charge in [-0.25, -0.2) is 4.68 Å². The molecule has 0 bridgehead atoms. The molecular formula is C25H26N4O2. The Morgan fingerprint density at radius 1 is 1.06 bits per heavy atom. The van der Waals surface area contributed by atoms with Gasteiger partial charge < -0.3 is 10.1 Å². The van der Waals surface area contributed by atoms with Crippen molar-refractivity contribution >= 4 is 16.9 Å². The monoisotopic (exact) mass is 414 g/mol. The molecule has 6 heteroatoms. The number of hydrogen-bond donors (Lipinski definition) is 1. The molecule has 0 aliphatic heterocycles. The Balaban J connectivity index is 1.73. The predicted molar refractivity (Wildman–Crippen MR) is 122 cm³/mol. The summed E-state index contributed by atoms with van der Waals surface area (Å²) in [6, 6.07) is 21.8. The fourth-order valence-electron chi connectivity index (χ4n) is 3.49. The van der Waals surface area contributed by atoms with Crippen molar-refractivity contribution in [3.63, 3.8) is 0 Å². The summed E-state index contributed by atoms with van der Waals surface area (Å²) in [5, 5.41) is 8.72. The third kappa shape index (κ3) is 4.58. The number of benzene rings is 2. The summed E-state index contributed by atoms with van der Waals surface area (Å²) >= 11 is 0. The fraction of sp³-hybridized carbons (Fsp3) is 0.240. The number of ether oxygens (including phenoxy) is 1. The lowest BCUT2D eigenvalue weighted by Gasteiger charge is -2.09. The predicted octanol–water partition coefficient (Wildman–Crippen LogP) is 4.69. The summed E-state index contributed by atoms with van der Waals surface area (Å²) < 4.78 is 7.56. The summed E-state index contributed by atoms with van der Waals surface area (Å²) in [7, 11) is 0. The third-order valence-corrected chi connectivity index (χ3v) is 5.06. The van der Waals surface area contributed by atoms with Crippen LogP contribution >= 0.6 is 0 Å². The first-order valence-corrected chi connectivity index (χ1v) is 10.6. The van der Waals surface area contributed by atoms with Crippen LogP contribution in [0.5, 0.6) is 5.88 Å². The number of pyridine rings is 1. The molecule has 0 saturated heterocycles. The van der Waals surface area contributed by atoms with Gasteiger partial charge in [0.05, 0.1) is 11.1 Å². The van der Waals surface area contributed by atoms with Crippen molar-refractivity contribution in [1.29, 1.82) is 0 Å². The van der Waals surface area contributed by atoms with Gasteiger partial charge in [0.25, 0.3) is 5.91 Å². The summed E-state index contributed by atoms with van der Waals surface area (Å²) in [6.45, 7) is 4.70. The zero-order chi connectivity index (χ0) is 21.6. The molecule has 158 valence electrons. The maximum atomic E-state index is 12.0. The van der Waals surface area contributed by atoms with Crippen molar-refractivity contribution in [3.05, 3.63) is 72.3 Å². The molecule has 0 atom stereocenters. The Morgan fingerprint density at radius 2 is 1.77 bits per heavy atom. The lowest BCUT2D eigenvalue weighted by molar-refractivity contribution is -0.123. The van der Waals surface area contributed by atoms with E-state index >= 15 is 0 Å². The molecule has 0 fully saturated rings. The highest BCUT2D eigenvalue weighted by Crippen LogP contribution is 2.33. The summed E-state index contributed by atoms with van der Waals surface area (Å²) in [5.74, 6) is 0.266. The van der Waals surface area contributed by atoms with Crippen molar-refractivity contribution < 1.29 is 9.53 Å². The number of fused-ring (bicyclic) bond motifs is 1. The van der Waals surface area contributed by atoms with Crippen molar-refractivity contribution in [3.8, 4) is 22.8 Å². The van der Waals surface area contributed by atoms with Crippen molar-refractivity contribution in [2.24, 2.45) is 0 Å². The number of unbranched alkanes of at least 4 members (excludes halogenated alkanes) is 1. The molecule has 4 aromatic rings. The maximum absolute atomic E-state index is 12.0. The summed E-state index contributed by atoms with van der Waals surface area (Å²) in [4.78, 5) is 16.8. The van der Waals surface area contributed by atoms with E-state index < -0.39 is 0 Å². The first-order chi connectivity index (χ1) is 15.2. The Kier molecular flexibility index (Phi) is 6.26. The second-order valence-corrected chi connectivity index (χ2v) is 7.43. The lowest BCUT2D eigenvalue weighted by Crippen LogP contribution is -2.29. The Morgan fingerprint density at radius 3 is 2.48 bits per heavy atom. The molecule has 0 radical (unpaired) electrons. The number of para-hydroxylation sites is 1. The number of carbonyl (C=O) groups is 1. The zero-order valence-electron chi connectivity index (χ0n) is 17.8. The molecular weight excluding hydrogens is 388 g/mol. The Bertz CT molecular complexity index is 1170. The largest absolute Gasteiger partial charge is 0.468 e. The van der Waals surface area contributed by atoms with Crippen LogP contribution in [0, 0.1) is 6.92 Å². The van der Waals surface area contributed by atoms with Gasteiger partial charge in [-0.2, -0.15) is 10.1 Å². The van der Waals surface area contributed by atoms with E-state index in [1.54, 1.807) is 0 Å². The van der Waals surface area contributed by atoms with Crippen LogP contribution in [0.25, 0.3) is 28.0 Å². The van der Waals surface area contributed by atoms with Crippen LogP contribution in [-0.2, 0) is 4.79 Å². The van der Waals surface area contributed by atoms with Gasteiger partial charge in [-0.3, -0.25) is 4.79 Å². The number of aromatic nitrogens is 3. The van der Waals surface area contributed by atoms with Crippen molar-refractivity contribution in [2.45, 2.75) is 26.7 Å². The molecule has 0 aliphatic carbocycles. The van der Waals surface area contributed by atoms with E-state index in [1.807, 2.05) is 78.3 Å². The van der Waals surface area contributed by atoms with Crippen LogP contribution in [0.4, 0.5) is 0 Å². The minimum Gasteiger partial charge on any atom is -0.468 e. The van der Waals surface area contributed by atoms with Gasteiger partial charge in [-0.05, 0) is 31.0 Å². The van der Waals surface area contributed by atoms with E-state index in [2.05, 4.69) is 12.2 Å². The first kappa shape index (κ1) is 20.6. The molecule has 0 unspecified atom stereocenters. The number of carbonyl (C=O) groups excluding carboxylic acids is 1. The van der Waals surface area contributed by atoms with Gasteiger partial charge in [0, 0.05) is 18.2 Å². The normalized spacial score (nSPS) is 10.9. The molecule has 4 rings (SSSR count). The van der Waals surface area contributed by atoms with E-state index in [9.17, 15) is 4.79 Å². The second kappa shape index (κ2) is 9.43. The maximum Gasteiger partial charge on any atom is 0.258 e. The number of rotatable bonds is 8. The highest BCUT2D eigenvalue weighted by molar-refractivity contribution is 5.95. The molecule has 1 amide bonds. The topological polar surface area (TPSA) is 69.0 Å². The summed E-state index contributed by atoms with van der Waals surface area (Å²) in [6.07, 6.45) is 1.99. The molecule has 1 N–H and O–H groups in total. The average molecular weight is 415 g/mol. The molecule has 0 spiro atoms. The Labute approximate surface area is 181 Å². The van der Waals surface area contributed by atoms with Crippen molar-refractivity contribution in [1.82, 2.24) is 20.1 Å². The minimum atomic E-state index is -0.144. The van der Waals surface area contributed by atoms with E-state index in [0.29, 0.717) is 18.1 Å². The van der Waals surface area contributed by atoms with Gasteiger partial charge >= 0.3 is 0 Å². The highest BCUT2D eigenvalue weighted by atomic mass is 16.5. The van der Waals surface area contributed by atoms with Crippen LogP contribution in [0.15, 0.2) is 66.7 Å².